The monoisotopic (exact) mass is 316 g/mol. The first-order valence-corrected chi connectivity index (χ1v) is 7.09. The third kappa shape index (κ3) is 4.60. The summed E-state index contributed by atoms with van der Waals surface area (Å²) in [5.41, 5.74) is 6.56. The van der Waals surface area contributed by atoms with Gasteiger partial charge in [0.05, 0.1) is 5.25 Å². The number of hydrogen-bond acceptors (Lipinski definition) is 3. The van der Waals surface area contributed by atoms with Gasteiger partial charge in [0.1, 0.15) is 0 Å². The van der Waals surface area contributed by atoms with Gasteiger partial charge in [0, 0.05) is 21.1 Å². The maximum atomic E-state index is 11.8. The molecule has 0 saturated carbocycles. The molecule has 1 unspecified atom stereocenters. The quantitative estimate of drug-likeness (QED) is 0.663. The first kappa shape index (κ1) is 14.4. The molecule has 0 aliphatic heterocycles. The Balaban J connectivity index is 2.70. The van der Waals surface area contributed by atoms with E-state index in [2.05, 4.69) is 21.2 Å². The standard InChI is InChI=1S/C12H17BrN2OS/c1-7(2)15-12(16)8(3)17-11-6-9(13)4-5-10(11)14/h4-8H,14H2,1-3H3,(H,15,16). The van der Waals surface area contributed by atoms with Crippen molar-refractivity contribution >= 4 is 39.3 Å². The molecule has 0 radical (unpaired) electrons. The van der Waals surface area contributed by atoms with Gasteiger partial charge in [-0.05, 0) is 39.0 Å². The van der Waals surface area contributed by atoms with E-state index in [4.69, 9.17) is 5.73 Å². The van der Waals surface area contributed by atoms with Crippen LogP contribution in [0.2, 0.25) is 0 Å². The Morgan fingerprint density at radius 3 is 2.65 bits per heavy atom. The number of thioether (sulfide) groups is 1. The second kappa shape index (κ2) is 6.31. The van der Waals surface area contributed by atoms with Crippen molar-refractivity contribution in [3.63, 3.8) is 0 Å². The molecule has 0 aliphatic rings. The second-order valence-corrected chi connectivity index (χ2v) is 6.40. The molecule has 0 spiro atoms. The first-order valence-electron chi connectivity index (χ1n) is 5.42. The number of halogens is 1. The van der Waals surface area contributed by atoms with Crippen LogP contribution in [0.4, 0.5) is 5.69 Å². The van der Waals surface area contributed by atoms with Gasteiger partial charge in [-0.15, -0.1) is 11.8 Å². The van der Waals surface area contributed by atoms with Crippen LogP contribution in [-0.4, -0.2) is 17.2 Å². The summed E-state index contributed by atoms with van der Waals surface area (Å²) < 4.78 is 0.964. The van der Waals surface area contributed by atoms with E-state index < -0.39 is 0 Å². The van der Waals surface area contributed by atoms with Crippen molar-refractivity contribution in [2.45, 2.75) is 37.0 Å². The minimum atomic E-state index is -0.158. The van der Waals surface area contributed by atoms with Crippen molar-refractivity contribution in [2.24, 2.45) is 0 Å². The predicted molar refractivity (Wildman–Crippen MR) is 77.2 cm³/mol. The number of hydrogen-bond donors (Lipinski definition) is 2. The van der Waals surface area contributed by atoms with Crippen molar-refractivity contribution in [1.82, 2.24) is 5.32 Å². The number of rotatable bonds is 4. The minimum absolute atomic E-state index is 0.0318. The fourth-order valence-electron chi connectivity index (χ4n) is 1.26. The highest BCUT2D eigenvalue weighted by molar-refractivity contribution is 9.10. The van der Waals surface area contributed by atoms with Gasteiger partial charge in [-0.3, -0.25) is 4.79 Å². The van der Waals surface area contributed by atoms with E-state index in [1.165, 1.54) is 11.8 Å². The van der Waals surface area contributed by atoms with Crippen molar-refractivity contribution in [1.29, 1.82) is 0 Å². The number of nitrogens with one attached hydrogen (secondary N) is 1. The fourth-order valence-corrected chi connectivity index (χ4v) is 2.72. The summed E-state index contributed by atoms with van der Waals surface area (Å²) in [7, 11) is 0. The lowest BCUT2D eigenvalue weighted by molar-refractivity contribution is -0.120. The summed E-state index contributed by atoms with van der Waals surface area (Å²) in [5, 5.41) is 2.73. The number of amides is 1. The Bertz CT molecular complexity index is 409. The van der Waals surface area contributed by atoms with Crippen molar-refractivity contribution in [2.75, 3.05) is 5.73 Å². The molecular weight excluding hydrogens is 300 g/mol. The van der Waals surface area contributed by atoms with Gasteiger partial charge >= 0.3 is 0 Å². The maximum Gasteiger partial charge on any atom is 0.233 e. The van der Waals surface area contributed by atoms with Crippen molar-refractivity contribution in [3.05, 3.63) is 22.7 Å². The molecule has 0 fully saturated rings. The molecule has 17 heavy (non-hydrogen) atoms. The molecule has 0 heterocycles. The van der Waals surface area contributed by atoms with E-state index >= 15 is 0 Å². The van der Waals surface area contributed by atoms with Gasteiger partial charge in [0.2, 0.25) is 5.91 Å². The van der Waals surface area contributed by atoms with Gasteiger partial charge in [-0.25, -0.2) is 0 Å². The Morgan fingerprint density at radius 2 is 2.06 bits per heavy atom. The van der Waals surface area contributed by atoms with Crippen LogP contribution in [0.5, 0.6) is 0 Å². The average Bonchev–Trinajstić information content (AvgIpc) is 2.22. The van der Waals surface area contributed by atoms with E-state index in [1.807, 2.05) is 39.0 Å². The van der Waals surface area contributed by atoms with Crippen molar-refractivity contribution < 1.29 is 4.79 Å². The molecule has 3 nitrogen and oxygen atoms in total. The van der Waals surface area contributed by atoms with Crippen LogP contribution in [-0.2, 0) is 4.79 Å². The van der Waals surface area contributed by atoms with Crippen LogP contribution in [0.3, 0.4) is 0 Å². The molecule has 94 valence electrons. The van der Waals surface area contributed by atoms with Crippen LogP contribution in [0.25, 0.3) is 0 Å². The van der Waals surface area contributed by atoms with Gasteiger partial charge in [0.25, 0.3) is 0 Å². The number of carbonyl (C=O) groups is 1. The summed E-state index contributed by atoms with van der Waals surface area (Å²) in [5.74, 6) is 0.0318. The molecule has 3 N–H and O–H groups in total. The molecule has 0 aliphatic carbocycles. The van der Waals surface area contributed by atoms with Gasteiger partial charge < -0.3 is 11.1 Å². The normalized spacial score (nSPS) is 12.5. The molecule has 5 heteroatoms. The largest absolute Gasteiger partial charge is 0.398 e. The van der Waals surface area contributed by atoms with E-state index in [-0.39, 0.29) is 17.2 Å². The number of anilines is 1. The number of nitrogens with two attached hydrogens (primary N) is 1. The lowest BCUT2D eigenvalue weighted by Gasteiger charge is -2.15. The summed E-state index contributed by atoms with van der Waals surface area (Å²) in [6.07, 6.45) is 0. The third-order valence-corrected chi connectivity index (χ3v) is 3.75. The van der Waals surface area contributed by atoms with Crippen LogP contribution >= 0.6 is 27.7 Å². The minimum Gasteiger partial charge on any atom is -0.398 e. The maximum absolute atomic E-state index is 11.8. The summed E-state index contributed by atoms with van der Waals surface area (Å²) in [6.45, 7) is 5.77. The fraction of sp³-hybridized carbons (Fsp3) is 0.417. The van der Waals surface area contributed by atoms with Crippen molar-refractivity contribution in [3.8, 4) is 0 Å². The Hall–Kier alpha value is -0.680. The molecule has 0 bridgehead atoms. The highest BCUT2D eigenvalue weighted by Gasteiger charge is 2.16. The number of benzene rings is 1. The molecule has 1 amide bonds. The predicted octanol–water partition coefficient (Wildman–Crippen LogP) is 3.04. The average molecular weight is 317 g/mol. The SMILES string of the molecule is CC(C)NC(=O)C(C)Sc1cc(Br)ccc1N. The molecule has 1 atom stereocenters. The van der Waals surface area contributed by atoms with Crippen LogP contribution in [0, 0.1) is 0 Å². The van der Waals surface area contributed by atoms with Gasteiger partial charge in [0.15, 0.2) is 0 Å². The van der Waals surface area contributed by atoms with E-state index in [9.17, 15) is 4.79 Å². The highest BCUT2D eigenvalue weighted by atomic mass is 79.9. The van der Waals surface area contributed by atoms with Crippen LogP contribution < -0.4 is 11.1 Å². The second-order valence-electron chi connectivity index (χ2n) is 4.11. The lowest BCUT2D eigenvalue weighted by Crippen LogP contribution is -2.35. The summed E-state index contributed by atoms with van der Waals surface area (Å²) in [6, 6.07) is 5.81. The van der Waals surface area contributed by atoms with Crippen LogP contribution in [0.1, 0.15) is 20.8 Å². The van der Waals surface area contributed by atoms with Gasteiger partial charge in [-0.2, -0.15) is 0 Å². The Labute approximate surface area is 115 Å². The third-order valence-electron chi connectivity index (χ3n) is 2.08. The molecule has 1 rings (SSSR count). The zero-order valence-corrected chi connectivity index (χ0v) is 12.6. The van der Waals surface area contributed by atoms with E-state index in [0.717, 1.165) is 9.37 Å². The molecular formula is C12H17BrN2OS. The van der Waals surface area contributed by atoms with Gasteiger partial charge in [-0.1, -0.05) is 15.9 Å². The van der Waals surface area contributed by atoms with Crippen LogP contribution in [0.15, 0.2) is 27.6 Å². The summed E-state index contributed by atoms with van der Waals surface area (Å²) >= 11 is 4.86. The lowest BCUT2D eigenvalue weighted by atomic mass is 10.3. The van der Waals surface area contributed by atoms with E-state index in [1.54, 1.807) is 0 Å². The zero-order chi connectivity index (χ0) is 13.0. The molecule has 0 saturated heterocycles. The molecule has 1 aromatic carbocycles. The summed E-state index contributed by atoms with van der Waals surface area (Å²) in [4.78, 5) is 12.7. The highest BCUT2D eigenvalue weighted by Crippen LogP contribution is 2.31. The Morgan fingerprint density at radius 1 is 1.41 bits per heavy atom. The zero-order valence-electron chi connectivity index (χ0n) is 10.2. The molecule has 1 aromatic rings. The topological polar surface area (TPSA) is 55.1 Å². The Kier molecular flexibility index (Phi) is 5.33. The smallest absolute Gasteiger partial charge is 0.233 e. The first-order chi connectivity index (χ1) is 7.90. The number of carbonyl (C=O) groups excluding carboxylic acids is 1. The number of nitrogen functional groups attached to an aromatic ring is 1. The van der Waals surface area contributed by atoms with E-state index in [0.29, 0.717) is 5.69 Å². The molecule has 0 aromatic heterocycles.